The van der Waals surface area contributed by atoms with Crippen LogP contribution in [0.2, 0.25) is 0 Å². The van der Waals surface area contributed by atoms with E-state index in [0.29, 0.717) is 11.8 Å². The maximum atomic E-state index is 12.2. The van der Waals surface area contributed by atoms with Crippen molar-refractivity contribution in [2.75, 3.05) is 17.7 Å². The maximum absolute atomic E-state index is 12.2. The molecule has 0 radical (unpaired) electrons. The molecule has 1 saturated heterocycles. The first-order valence-corrected chi connectivity index (χ1v) is 7.82. The van der Waals surface area contributed by atoms with Gasteiger partial charge in [-0.3, -0.25) is 20.8 Å². The lowest BCUT2D eigenvalue weighted by Crippen LogP contribution is -2.32. The van der Waals surface area contributed by atoms with E-state index in [0.717, 1.165) is 12.2 Å². The number of hydrogen-bond acceptors (Lipinski definition) is 6. The zero-order chi connectivity index (χ0) is 15.2. The summed E-state index contributed by atoms with van der Waals surface area (Å²) in [6.07, 6.45) is 3.49. The summed E-state index contributed by atoms with van der Waals surface area (Å²) >= 11 is 1.86. The molecular formula is C13H18N4O3S. The van der Waals surface area contributed by atoms with Crippen LogP contribution in [0.25, 0.3) is 0 Å². The van der Waals surface area contributed by atoms with Crippen LogP contribution in [0.5, 0.6) is 0 Å². The van der Waals surface area contributed by atoms with Crippen molar-refractivity contribution in [3.8, 4) is 0 Å². The standard InChI is InChI=1S/C13H18N4O3S/c14-16-12-10(5-3-6-11(12)17(19)20)13(18)15-8-9-4-1-2-7-21-9/h3,5-6,9,16H,1-2,4,7-8,14H2,(H,15,18). The Morgan fingerprint density at radius 2 is 2.29 bits per heavy atom. The van der Waals surface area contributed by atoms with E-state index in [1.165, 1.54) is 31.0 Å². The third-order valence-electron chi connectivity index (χ3n) is 3.39. The minimum absolute atomic E-state index is 0.0382. The number of hydrazine groups is 1. The molecule has 2 rings (SSSR count). The molecule has 1 amide bonds. The summed E-state index contributed by atoms with van der Waals surface area (Å²) in [5.41, 5.74) is 2.27. The second-order valence-corrected chi connectivity index (χ2v) is 6.21. The van der Waals surface area contributed by atoms with Crippen molar-refractivity contribution >= 4 is 29.0 Å². The molecule has 1 fully saturated rings. The molecular weight excluding hydrogens is 292 g/mol. The molecule has 1 unspecified atom stereocenters. The average Bonchev–Trinajstić information content (AvgIpc) is 2.52. The van der Waals surface area contributed by atoms with Crippen LogP contribution in [-0.2, 0) is 0 Å². The summed E-state index contributed by atoms with van der Waals surface area (Å²) in [5.74, 6) is 6.10. The summed E-state index contributed by atoms with van der Waals surface area (Å²) in [5, 5.41) is 14.2. The number of nitrogens with one attached hydrogen (secondary N) is 2. The molecule has 1 aliphatic rings. The van der Waals surface area contributed by atoms with Crippen LogP contribution in [0.15, 0.2) is 18.2 Å². The van der Waals surface area contributed by atoms with Crippen molar-refractivity contribution < 1.29 is 9.72 Å². The molecule has 1 aromatic rings. The first kappa shape index (κ1) is 15.6. The van der Waals surface area contributed by atoms with Gasteiger partial charge in [0, 0.05) is 17.9 Å². The van der Waals surface area contributed by atoms with Crippen LogP contribution >= 0.6 is 11.8 Å². The molecule has 1 aliphatic heterocycles. The number of para-hydroxylation sites is 1. The predicted molar refractivity (Wildman–Crippen MR) is 83.3 cm³/mol. The number of carbonyl (C=O) groups excluding carboxylic acids is 1. The molecule has 114 valence electrons. The van der Waals surface area contributed by atoms with Crippen LogP contribution in [0.4, 0.5) is 11.4 Å². The van der Waals surface area contributed by atoms with Crippen molar-refractivity contribution in [1.82, 2.24) is 5.32 Å². The molecule has 21 heavy (non-hydrogen) atoms. The van der Waals surface area contributed by atoms with Gasteiger partial charge in [0.25, 0.3) is 11.6 Å². The molecule has 0 saturated carbocycles. The Balaban J connectivity index is 2.07. The number of nitrogen functional groups attached to an aromatic ring is 1. The van der Waals surface area contributed by atoms with Crippen molar-refractivity contribution in [1.29, 1.82) is 0 Å². The average molecular weight is 310 g/mol. The minimum Gasteiger partial charge on any atom is -0.351 e. The first-order valence-electron chi connectivity index (χ1n) is 6.77. The van der Waals surface area contributed by atoms with Gasteiger partial charge in [0.1, 0.15) is 5.69 Å². The lowest BCUT2D eigenvalue weighted by Gasteiger charge is -2.21. The molecule has 0 aromatic heterocycles. The third-order valence-corrected chi connectivity index (χ3v) is 4.79. The quantitative estimate of drug-likeness (QED) is 0.435. The van der Waals surface area contributed by atoms with Gasteiger partial charge in [0.05, 0.1) is 10.5 Å². The Morgan fingerprint density at radius 3 is 2.90 bits per heavy atom. The second kappa shape index (κ2) is 7.28. The number of amides is 1. The lowest BCUT2D eigenvalue weighted by atomic mass is 10.1. The van der Waals surface area contributed by atoms with Crippen molar-refractivity contribution in [2.24, 2.45) is 5.84 Å². The number of rotatable bonds is 5. The van der Waals surface area contributed by atoms with Gasteiger partial charge in [-0.2, -0.15) is 11.8 Å². The Kier molecular flexibility index (Phi) is 5.40. The molecule has 1 heterocycles. The van der Waals surface area contributed by atoms with Gasteiger partial charge in [-0.25, -0.2) is 0 Å². The number of hydrogen-bond donors (Lipinski definition) is 3. The van der Waals surface area contributed by atoms with Gasteiger partial charge in [0.2, 0.25) is 0 Å². The normalized spacial score (nSPS) is 18.0. The molecule has 1 aromatic carbocycles. The van der Waals surface area contributed by atoms with Crippen LogP contribution in [0.1, 0.15) is 29.6 Å². The highest BCUT2D eigenvalue weighted by Gasteiger charge is 2.22. The fourth-order valence-corrected chi connectivity index (χ4v) is 3.54. The minimum atomic E-state index is -0.567. The van der Waals surface area contributed by atoms with Crippen LogP contribution < -0.4 is 16.6 Å². The third kappa shape index (κ3) is 3.85. The topological polar surface area (TPSA) is 110 Å². The number of thioether (sulfide) groups is 1. The fraction of sp³-hybridized carbons (Fsp3) is 0.462. The zero-order valence-corrected chi connectivity index (χ0v) is 12.3. The Hall–Kier alpha value is -1.80. The second-order valence-electron chi connectivity index (χ2n) is 4.80. The first-order chi connectivity index (χ1) is 10.1. The Bertz CT molecular complexity index is 532. The Morgan fingerprint density at radius 1 is 1.48 bits per heavy atom. The number of benzene rings is 1. The number of carbonyl (C=O) groups is 1. The summed E-state index contributed by atoms with van der Waals surface area (Å²) in [4.78, 5) is 22.6. The molecule has 1 atom stereocenters. The molecule has 0 bridgehead atoms. The van der Waals surface area contributed by atoms with E-state index in [2.05, 4.69) is 10.7 Å². The summed E-state index contributed by atoms with van der Waals surface area (Å²) in [6, 6.07) is 4.30. The van der Waals surface area contributed by atoms with Gasteiger partial charge < -0.3 is 10.7 Å². The SMILES string of the molecule is NNc1c(C(=O)NCC2CCCCS2)cccc1[N+](=O)[O-]. The van der Waals surface area contributed by atoms with Crippen LogP contribution in [0, 0.1) is 10.1 Å². The van der Waals surface area contributed by atoms with E-state index in [4.69, 9.17) is 5.84 Å². The van der Waals surface area contributed by atoms with E-state index >= 15 is 0 Å². The van der Waals surface area contributed by atoms with Crippen LogP contribution in [-0.4, -0.2) is 28.4 Å². The van der Waals surface area contributed by atoms with E-state index in [9.17, 15) is 14.9 Å². The molecule has 8 heteroatoms. The highest BCUT2D eigenvalue weighted by atomic mass is 32.2. The van der Waals surface area contributed by atoms with Crippen LogP contribution in [0.3, 0.4) is 0 Å². The maximum Gasteiger partial charge on any atom is 0.294 e. The summed E-state index contributed by atoms with van der Waals surface area (Å²) in [6.45, 7) is 0.566. The fourth-order valence-electron chi connectivity index (χ4n) is 2.30. The lowest BCUT2D eigenvalue weighted by molar-refractivity contribution is -0.384. The van der Waals surface area contributed by atoms with Gasteiger partial charge in [0.15, 0.2) is 0 Å². The van der Waals surface area contributed by atoms with E-state index in [1.54, 1.807) is 0 Å². The number of nitrogens with two attached hydrogens (primary N) is 1. The highest BCUT2D eigenvalue weighted by Crippen LogP contribution is 2.28. The molecule has 0 spiro atoms. The molecule has 4 N–H and O–H groups in total. The van der Waals surface area contributed by atoms with Gasteiger partial charge in [-0.1, -0.05) is 12.5 Å². The smallest absolute Gasteiger partial charge is 0.294 e. The number of anilines is 1. The van der Waals surface area contributed by atoms with Crippen molar-refractivity contribution in [2.45, 2.75) is 24.5 Å². The summed E-state index contributed by atoms with van der Waals surface area (Å²) in [7, 11) is 0. The van der Waals surface area contributed by atoms with E-state index in [1.807, 2.05) is 11.8 Å². The highest BCUT2D eigenvalue weighted by molar-refractivity contribution is 7.99. The van der Waals surface area contributed by atoms with Gasteiger partial charge in [-0.15, -0.1) is 0 Å². The summed E-state index contributed by atoms with van der Waals surface area (Å²) < 4.78 is 0. The van der Waals surface area contributed by atoms with Crippen molar-refractivity contribution in [3.63, 3.8) is 0 Å². The van der Waals surface area contributed by atoms with Crippen molar-refractivity contribution in [3.05, 3.63) is 33.9 Å². The van der Waals surface area contributed by atoms with Gasteiger partial charge >= 0.3 is 0 Å². The predicted octanol–water partition coefficient (Wildman–Crippen LogP) is 1.90. The number of nitro benzene ring substituents is 1. The zero-order valence-electron chi connectivity index (χ0n) is 11.5. The molecule has 0 aliphatic carbocycles. The number of nitro groups is 1. The van der Waals surface area contributed by atoms with E-state index in [-0.39, 0.29) is 22.8 Å². The van der Waals surface area contributed by atoms with Gasteiger partial charge in [-0.05, 0) is 24.7 Å². The van der Waals surface area contributed by atoms with E-state index < -0.39 is 4.92 Å². The Labute approximate surface area is 126 Å². The molecule has 7 nitrogen and oxygen atoms in total. The largest absolute Gasteiger partial charge is 0.351 e. The number of nitrogens with zero attached hydrogens (tertiary/aromatic N) is 1. The monoisotopic (exact) mass is 310 g/mol.